The van der Waals surface area contributed by atoms with Crippen molar-refractivity contribution in [3.63, 3.8) is 0 Å². The van der Waals surface area contributed by atoms with Crippen molar-refractivity contribution in [1.82, 2.24) is 10.2 Å². The summed E-state index contributed by atoms with van der Waals surface area (Å²) >= 11 is 1.70. The highest BCUT2D eigenvalue weighted by Gasteiger charge is 2.29. The van der Waals surface area contributed by atoms with Gasteiger partial charge in [0.05, 0.1) is 11.3 Å². The van der Waals surface area contributed by atoms with Crippen molar-refractivity contribution < 1.29 is 4.79 Å². The number of carbonyl (C=O) groups is 1. The molecule has 2 unspecified atom stereocenters. The van der Waals surface area contributed by atoms with Gasteiger partial charge in [0.1, 0.15) is 0 Å². The average Bonchev–Trinajstić information content (AvgIpc) is 3.32. The number of hydrogen-bond donors (Lipinski definition) is 1. The Morgan fingerprint density at radius 2 is 1.80 bits per heavy atom. The lowest BCUT2D eigenvalue weighted by Crippen LogP contribution is -2.40. The van der Waals surface area contributed by atoms with Gasteiger partial charge >= 0.3 is 0 Å². The summed E-state index contributed by atoms with van der Waals surface area (Å²) in [5.41, 5.74) is 2.60. The highest BCUT2D eigenvalue weighted by atomic mass is 32.2. The van der Waals surface area contributed by atoms with Gasteiger partial charge in [0.15, 0.2) is 0 Å². The number of carbonyl (C=O) groups excluding carboxylic acids is 1. The van der Waals surface area contributed by atoms with Gasteiger partial charge in [-0.3, -0.25) is 9.69 Å². The Hall–Kier alpha value is -1.78. The molecule has 4 heteroatoms. The molecule has 0 saturated carbocycles. The van der Waals surface area contributed by atoms with Crippen molar-refractivity contribution in [3.05, 3.63) is 65.7 Å². The van der Waals surface area contributed by atoms with Crippen LogP contribution in [0.2, 0.25) is 0 Å². The molecule has 0 bridgehead atoms. The second kappa shape index (κ2) is 7.63. The van der Waals surface area contributed by atoms with Crippen molar-refractivity contribution in [3.8, 4) is 0 Å². The Bertz CT molecular complexity index is 703. The van der Waals surface area contributed by atoms with Gasteiger partial charge in [-0.25, -0.2) is 0 Å². The summed E-state index contributed by atoms with van der Waals surface area (Å²) in [4.78, 5) is 16.5. The molecule has 1 amide bonds. The standard InChI is InChI=1S/C21H24N2OS/c24-21(20-14-17-10-4-5-11-19(17)25-20)22-15-18(23-12-6-7-13-23)16-8-2-1-3-9-16/h1-5,8-11,18,20H,6-7,12-15H2,(H,22,24). The number of likely N-dealkylation sites (tertiary alicyclic amines) is 1. The van der Waals surface area contributed by atoms with E-state index in [-0.39, 0.29) is 17.2 Å². The molecule has 1 saturated heterocycles. The number of nitrogens with zero attached hydrogens (tertiary/aromatic N) is 1. The molecule has 0 spiro atoms. The summed E-state index contributed by atoms with van der Waals surface area (Å²) in [6, 6.07) is 19.2. The summed E-state index contributed by atoms with van der Waals surface area (Å²) in [6.45, 7) is 2.94. The van der Waals surface area contributed by atoms with Crippen LogP contribution < -0.4 is 5.32 Å². The van der Waals surface area contributed by atoms with Gasteiger partial charge in [-0.1, -0.05) is 48.5 Å². The maximum atomic E-state index is 12.7. The maximum absolute atomic E-state index is 12.7. The predicted molar refractivity (Wildman–Crippen MR) is 103 cm³/mol. The molecule has 3 nitrogen and oxygen atoms in total. The Balaban J connectivity index is 1.40. The Labute approximate surface area is 153 Å². The van der Waals surface area contributed by atoms with E-state index < -0.39 is 0 Å². The van der Waals surface area contributed by atoms with Gasteiger partial charge in [-0.15, -0.1) is 11.8 Å². The van der Waals surface area contributed by atoms with Crippen LogP contribution in [0.25, 0.3) is 0 Å². The number of amides is 1. The third-order valence-electron chi connectivity index (χ3n) is 5.17. The molecule has 0 aliphatic carbocycles. The number of nitrogens with one attached hydrogen (secondary N) is 1. The zero-order chi connectivity index (χ0) is 17.1. The van der Waals surface area contributed by atoms with E-state index in [1.165, 1.54) is 28.9 Å². The molecule has 0 aromatic heterocycles. The van der Waals surface area contributed by atoms with E-state index in [2.05, 4.69) is 58.7 Å². The normalized spacial score (nSPS) is 21.0. The lowest BCUT2D eigenvalue weighted by Gasteiger charge is -2.28. The van der Waals surface area contributed by atoms with Crippen molar-refractivity contribution in [2.75, 3.05) is 19.6 Å². The Morgan fingerprint density at radius 1 is 1.08 bits per heavy atom. The van der Waals surface area contributed by atoms with Gasteiger partial charge in [0.25, 0.3) is 0 Å². The molecule has 25 heavy (non-hydrogen) atoms. The lowest BCUT2D eigenvalue weighted by atomic mass is 10.1. The highest BCUT2D eigenvalue weighted by molar-refractivity contribution is 8.01. The molecule has 2 aromatic rings. The fraction of sp³-hybridized carbons (Fsp3) is 0.381. The quantitative estimate of drug-likeness (QED) is 0.891. The first-order valence-electron chi connectivity index (χ1n) is 9.12. The van der Waals surface area contributed by atoms with Gasteiger partial charge in [-0.05, 0) is 49.5 Å². The first-order chi connectivity index (χ1) is 12.3. The van der Waals surface area contributed by atoms with E-state index >= 15 is 0 Å². The zero-order valence-electron chi connectivity index (χ0n) is 14.4. The van der Waals surface area contributed by atoms with Gasteiger partial charge in [0.2, 0.25) is 5.91 Å². The molecular formula is C21H24N2OS. The third-order valence-corrected chi connectivity index (χ3v) is 6.49. The van der Waals surface area contributed by atoms with Crippen LogP contribution in [-0.4, -0.2) is 35.7 Å². The van der Waals surface area contributed by atoms with Gasteiger partial charge in [-0.2, -0.15) is 0 Å². The molecule has 2 aromatic carbocycles. The zero-order valence-corrected chi connectivity index (χ0v) is 15.2. The van der Waals surface area contributed by atoms with Crippen LogP contribution >= 0.6 is 11.8 Å². The smallest absolute Gasteiger partial charge is 0.233 e. The molecule has 2 aliphatic rings. The van der Waals surface area contributed by atoms with Crippen LogP contribution in [-0.2, 0) is 11.2 Å². The first kappa shape index (κ1) is 16.7. The SMILES string of the molecule is O=C(NCC(c1ccccc1)N1CCCC1)C1Cc2ccccc2S1. The van der Waals surface area contributed by atoms with Crippen LogP contribution in [0.3, 0.4) is 0 Å². The minimum Gasteiger partial charge on any atom is -0.353 e. The van der Waals surface area contributed by atoms with Crippen LogP contribution in [0.15, 0.2) is 59.5 Å². The summed E-state index contributed by atoms with van der Waals surface area (Å²) in [5, 5.41) is 3.24. The molecule has 2 heterocycles. The molecule has 0 radical (unpaired) electrons. The molecular weight excluding hydrogens is 328 g/mol. The fourth-order valence-corrected chi connectivity index (χ4v) is 5.05. The number of hydrogen-bond acceptors (Lipinski definition) is 3. The van der Waals surface area contributed by atoms with E-state index in [0.717, 1.165) is 19.5 Å². The monoisotopic (exact) mass is 352 g/mol. The van der Waals surface area contributed by atoms with E-state index in [1.54, 1.807) is 11.8 Å². The summed E-state index contributed by atoms with van der Waals surface area (Å²) in [7, 11) is 0. The summed E-state index contributed by atoms with van der Waals surface area (Å²) < 4.78 is 0. The summed E-state index contributed by atoms with van der Waals surface area (Å²) in [5.74, 6) is 0.168. The van der Waals surface area contributed by atoms with E-state index in [1.807, 2.05) is 6.07 Å². The largest absolute Gasteiger partial charge is 0.353 e. The minimum atomic E-state index is 0.00685. The van der Waals surface area contributed by atoms with Crippen LogP contribution in [0.5, 0.6) is 0 Å². The van der Waals surface area contributed by atoms with Crippen LogP contribution in [0.1, 0.15) is 30.0 Å². The second-order valence-electron chi connectivity index (χ2n) is 6.83. The van der Waals surface area contributed by atoms with Gasteiger partial charge in [0, 0.05) is 11.4 Å². The first-order valence-corrected chi connectivity index (χ1v) is 10.0. The van der Waals surface area contributed by atoms with Crippen molar-refractivity contribution in [2.24, 2.45) is 0 Å². The number of rotatable bonds is 5. The van der Waals surface area contributed by atoms with Gasteiger partial charge < -0.3 is 5.32 Å². The topological polar surface area (TPSA) is 32.3 Å². The van der Waals surface area contributed by atoms with Crippen molar-refractivity contribution in [1.29, 1.82) is 0 Å². The number of thioether (sulfide) groups is 1. The Morgan fingerprint density at radius 3 is 2.56 bits per heavy atom. The average molecular weight is 353 g/mol. The minimum absolute atomic E-state index is 0.00685. The van der Waals surface area contributed by atoms with E-state index in [0.29, 0.717) is 6.54 Å². The molecule has 1 fully saturated rings. The number of benzene rings is 2. The highest BCUT2D eigenvalue weighted by Crippen LogP contribution is 2.36. The Kier molecular flexibility index (Phi) is 5.09. The summed E-state index contributed by atoms with van der Waals surface area (Å²) in [6.07, 6.45) is 3.35. The van der Waals surface area contributed by atoms with E-state index in [4.69, 9.17) is 0 Å². The molecule has 1 N–H and O–H groups in total. The van der Waals surface area contributed by atoms with Crippen LogP contribution in [0.4, 0.5) is 0 Å². The van der Waals surface area contributed by atoms with Crippen molar-refractivity contribution >= 4 is 17.7 Å². The fourth-order valence-electron chi connectivity index (χ4n) is 3.83. The molecule has 130 valence electrons. The van der Waals surface area contributed by atoms with Crippen LogP contribution in [0, 0.1) is 0 Å². The van der Waals surface area contributed by atoms with Crippen molar-refractivity contribution in [2.45, 2.75) is 35.4 Å². The molecule has 2 aliphatic heterocycles. The predicted octanol–water partition coefficient (Wildman–Crippen LogP) is 3.66. The molecule has 4 rings (SSSR count). The van der Waals surface area contributed by atoms with E-state index in [9.17, 15) is 4.79 Å². The maximum Gasteiger partial charge on any atom is 0.233 e. The second-order valence-corrected chi connectivity index (χ2v) is 8.08. The third kappa shape index (κ3) is 3.75. The number of fused-ring (bicyclic) bond motifs is 1. The lowest BCUT2D eigenvalue weighted by molar-refractivity contribution is -0.120. The molecule has 2 atom stereocenters.